The van der Waals surface area contributed by atoms with Gasteiger partial charge in [0.15, 0.2) is 5.78 Å². The lowest BCUT2D eigenvalue weighted by atomic mass is 10.1. The molecule has 1 atom stereocenters. The van der Waals surface area contributed by atoms with Crippen molar-refractivity contribution in [1.82, 2.24) is 9.55 Å². The van der Waals surface area contributed by atoms with Gasteiger partial charge in [-0.2, -0.15) is 0 Å². The van der Waals surface area contributed by atoms with Crippen molar-refractivity contribution in [3.05, 3.63) is 87.3 Å². The number of fused-ring (bicyclic) bond motifs is 1. The third-order valence-corrected chi connectivity index (χ3v) is 7.15. The van der Waals surface area contributed by atoms with Crippen molar-refractivity contribution < 1.29 is 23.9 Å². The number of para-hydroxylation sites is 1. The Morgan fingerprint density at radius 1 is 1.05 bits per heavy atom. The van der Waals surface area contributed by atoms with E-state index < -0.39 is 23.5 Å². The molecule has 4 aromatic rings. The minimum atomic E-state index is -0.822. The van der Waals surface area contributed by atoms with E-state index in [1.54, 1.807) is 38.1 Å². The standard InChI is InChI=1S/C28H27N3O6S/c1-4-22(25(33)30-20-12-10-19(11-13-20)18(3)32)31-16-29-26-23(27(31)34)17(2)24(38-26)28(35)37-15-14-36-21-8-6-5-7-9-21/h5-13,16,22H,4,14-15H2,1-3H3,(H,30,33). The number of amides is 1. The van der Waals surface area contributed by atoms with E-state index in [4.69, 9.17) is 9.47 Å². The highest BCUT2D eigenvalue weighted by Gasteiger charge is 2.25. The summed E-state index contributed by atoms with van der Waals surface area (Å²) in [5.41, 5.74) is 1.09. The largest absolute Gasteiger partial charge is 0.490 e. The SMILES string of the molecule is CCC(C(=O)Nc1ccc(C(C)=O)cc1)n1cnc2sc(C(=O)OCCOc3ccccc3)c(C)c2c1=O. The number of carbonyl (C=O) groups is 3. The Bertz CT molecular complexity index is 1530. The molecule has 4 rings (SSSR count). The quantitative estimate of drug-likeness (QED) is 0.177. The molecule has 0 aliphatic carbocycles. The predicted octanol–water partition coefficient (Wildman–Crippen LogP) is 4.79. The maximum absolute atomic E-state index is 13.4. The van der Waals surface area contributed by atoms with E-state index in [0.29, 0.717) is 33.8 Å². The number of nitrogens with one attached hydrogen (secondary N) is 1. The van der Waals surface area contributed by atoms with E-state index >= 15 is 0 Å². The van der Waals surface area contributed by atoms with E-state index in [2.05, 4.69) is 10.3 Å². The van der Waals surface area contributed by atoms with Gasteiger partial charge in [-0.25, -0.2) is 9.78 Å². The molecule has 196 valence electrons. The molecule has 0 radical (unpaired) electrons. The summed E-state index contributed by atoms with van der Waals surface area (Å²) in [6.07, 6.45) is 1.67. The molecule has 1 amide bonds. The lowest BCUT2D eigenvalue weighted by molar-refractivity contribution is -0.119. The van der Waals surface area contributed by atoms with E-state index in [1.807, 2.05) is 30.3 Å². The molecule has 2 aromatic heterocycles. The third-order valence-electron chi connectivity index (χ3n) is 5.97. The van der Waals surface area contributed by atoms with Crippen LogP contribution >= 0.6 is 11.3 Å². The molecular formula is C28H27N3O6S. The van der Waals surface area contributed by atoms with Gasteiger partial charge in [0.1, 0.15) is 34.7 Å². The van der Waals surface area contributed by atoms with Gasteiger partial charge in [-0.05, 0) is 62.2 Å². The van der Waals surface area contributed by atoms with Gasteiger partial charge < -0.3 is 14.8 Å². The van der Waals surface area contributed by atoms with Crippen molar-refractivity contribution >= 4 is 44.9 Å². The summed E-state index contributed by atoms with van der Waals surface area (Å²) >= 11 is 1.08. The molecule has 0 bridgehead atoms. The number of benzene rings is 2. The Morgan fingerprint density at radius 2 is 1.76 bits per heavy atom. The fourth-order valence-electron chi connectivity index (χ4n) is 3.95. The first-order valence-corrected chi connectivity index (χ1v) is 12.9. The first kappa shape index (κ1) is 26.7. The number of Topliss-reactive ketones (excluding diaryl/α,β-unsaturated/α-hetero) is 1. The van der Waals surface area contributed by atoms with Crippen molar-refractivity contribution in [2.24, 2.45) is 0 Å². The molecule has 2 aromatic carbocycles. The lowest BCUT2D eigenvalue weighted by Gasteiger charge is -2.17. The summed E-state index contributed by atoms with van der Waals surface area (Å²) < 4.78 is 12.2. The summed E-state index contributed by atoms with van der Waals surface area (Å²) in [7, 11) is 0. The zero-order chi connectivity index (χ0) is 27.2. The smallest absolute Gasteiger partial charge is 0.348 e. The molecule has 0 aliphatic rings. The maximum Gasteiger partial charge on any atom is 0.348 e. The number of thiophene rings is 1. The van der Waals surface area contributed by atoms with Crippen LogP contribution in [0.5, 0.6) is 5.75 Å². The van der Waals surface area contributed by atoms with Crippen LogP contribution in [0.2, 0.25) is 0 Å². The van der Waals surface area contributed by atoms with Crippen molar-refractivity contribution in [1.29, 1.82) is 0 Å². The summed E-state index contributed by atoms with van der Waals surface area (Å²) in [6.45, 7) is 5.16. The van der Waals surface area contributed by atoms with Crippen molar-refractivity contribution in [2.75, 3.05) is 18.5 Å². The lowest BCUT2D eigenvalue weighted by Crippen LogP contribution is -2.33. The Balaban J connectivity index is 1.49. The number of ketones is 1. The van der Waals surface area contributed by atoms with Gasteiger partial charge in [0.25, 0.3) is 5.56 Å². The Morgan fingerprint density at radius 3 is 2.42 bits per heavy atom. The maximum atomic E-state index is 13.4. The number of aryl methyl sites for hydroxylation is 1. The highest BCUT2D eigenvalue weighted by Crippen LogP contribution is 2.28. The summed E-state index contributed by atoms with van der Waals surface area (Å²) in [5.74, 6) is -0.353. The van der Waals surface area contributed by atoms with Gasteiger partial charge in [-0.3, -0.25) is 19.0 Å². The minimum Gasteiger partial charge on any atom is -0.490 e. The monoisotopic (exact) mass is 533 g/mol. The molecule has 0 aliphatic heterocycles. The van der Waals surface area contributed by atoms with Crippen LogP contribution in [0.4, 0.5) is 5.69 Å². The Labute approximate surface area is 223 Å². The average Bonchev–Trinajstić information content (AvgIpc) is 3.26. The fourth-order valence-corrected chi connectivity index (χ4v) is 4.99. The van der Waals surface area contributed by atoms with Crippen molar-refractivity contribution in [3.63, 3.8) is 0 Å². The summed E-state index contributed by atoms with van der Waals surface area (Å²) in [5, 5.41) is 3.07. The molecule has 38 heavy (non-hydrogen) atoms. The molecule has 2 heterocycles. The number of hydrogen-bond donors (Lipinski definition) is 1. The fraction of sp³-hybridized carbons (Fsp3) is 0.250. The Kier molecular flexibility index (Phi) is 8.32. The minimum absolute atomic E-state index is 0.0462. The van der Waals surface area contributed by atoms with Gasteiger partial charge in [0.2, 0.25) is 5.91 Å². The number of esters is 1. The number of rotatable bonds is 10. The molecular weight excluding hydrogens is 506 g/mol. The molecule has 1 N–H and O–H groups in total. The average molecular weight is 534 g/mol. The number of carbonyl (C=O) groups excluding carboxylic acids is 3. The Hall–Kier alpha value is -4.31. The molecule has 0 saturated heterocycles. The molecule has 0 fully saturated rings. The van der Waals surface area contributed by atoms with E-state index in [1.165, 1.54) is 17.8 Å². The molecule has 0 spiro atoms. The molecule has 9 nitrogen and oxygen atoms in total. The van der Waals surface area contributed by atoms with Gasteiger partial charge in [-0.1, -0.05) is 25.1 Å². The van der Waals surface area contributed by atoms with E-state index in [-0.39, 0.29) is 29.3 Å². The van der Waals surface area contributed by atoms with Gasteiger partial charge in [0, 0.05) is 11.3 Å². The van der Waals surface area contributed by atoms with Crippen LogP contribution in [-0.2, 0) is 9.53 Å². The summed E-state index contributed by atoms with van der Waals surface area (Å²) in [6, 6.07) is 14.9. The van der Waals surface area contributed by atoms with E-state index in [0.717, 1.165) is 11.3 Å². The van der Waals surface area contributed by atoms with Gasteiger partial charge >= 0.3 is 5.97 Å². The first-order valence-electron chi connectivity index (χ1n) is 12.1. The molecule has 0 saturated carbocycles. The second kappa shape index (κ2) is 11.8. The van der Waals surface area contributed by atoms with Crippen molar-refractivity contribution in [3.8, 4) is 5.75 Å². The van der Waals surface area contributed by atoms with Crippen LogP contribution in [0.15, 0.2) is 65.7 Å². The van der Waals surface area contributed by atoms with Gasteiger partial charge in [-0.15, -0.1) is 11.3 Å². The number of anilines is 1. The van der Waals surface area contributed by atoms with E-state index in [9.17, 15) is 19.2 Å². The topological polar surface area (TPSA) is 117 Å². The van der Waals surface area contributed by atoms with Crippen LogP contribution in [0, 0.1) is 6.92 Å². The first-order chi connectivity index (χ1) is 18.3. The van der Waals surface area contributed by atoms with Crippen LogP contribution in [-0.4, -0.2) is 40.4 Å². The predicted molar refractivity (Wildman–Crippen MR) is 145 cm³/mol. The van der Waals surface area contributed by atoms with Crippen LogP contribution in [0.3, 0.4) is 0 Å². The zero-order valence-electron chi connectivity index (χ0n) is 21.2. The highest BCUT2D eigenvalue weighted by molar-refractivity contribution is 7.20. The number of ether oxygens (including phenoxy) is 2. The normalized spacial score (nSPS) is 11.7. The second-order valence-electron chi connectivity index (χ2n) is 8.54. The van der Waals surface area contributed by atoms with Crippen LogP contribution < -0.4 is 15.6 Å². The molecule has 10 heteroatoms. The zero-order valence-corrected chi connectivity index (χ0v) is 22.0. The highest BCUT2D eigenvalue weighted by atomic mass is 32.1. The second-order valence-corrected chi connectivity index (χ2v) is 9.54. The third kappa shape index (κ3) is 5.81. The van der Waals surface area contributed by atoms with Crippen LogP contribution in [0.1, 0.15) is 51.9 Å². The number of nitrogens with zero attached hydrogens (tertiary/aromatic N) is 2. The van der Waals surface area contributed by atoms with Gasteiger partial charge in [0.05, 0.1) is 11.7 Å². The number of hydrogen-bond acceptors (Lipinski definition) is 8. The van der Waals surface area contributed by atoms with Crippen LogP contribution in [0.25, 0.3) is 10.2 Å². The van der Waals surface area contributed by atoms with Crippen molar-refractivity contribution in [2.45, 2.75) is 33.2 Å². The molecule has 1 unspecified atom stereocenters. The summed E-state index contributed by atoms with van der Waals surface area (Å²) in [4.78, 5) is 55.7. The number of aromatic nitrogens is 2.